The Balaban J connectivity index is 2.39. The van der Waals surface area contributed by atoms with E-state index in [1.54, 1.807) is 14.0 Å². The van der Waals surface area contributed by atoms with E-state index in [1.807, 2.05) is 0 Å². The molecule has 0 aliphatic rings. The Hall–Kier alpha value is -2.45. The van der Waals surface area contributed by atoms with E-state index in [2.05, 4.69) is 15.0 Å². The molecule has 0 saturated carbocycles. The third-order valence-corrected chi connectivity index (χ3v) is 4.02. The summed E-state index contributed by atoms with van der Waals surface area (Å²) in [6.07, 6.45) is 0.334. The van der Waals surface area contributed by atoms with Gasteiger partial charge < -0.3 is 19.4 Å². The first kappa shape index (κ1) is 19.9. The first-order valence-electron chi connectivity index (χ1n) is 7.40. The average molecular weight is 402 g/mol. The molecule has 0 amide bonds. The number of carbonyl (C=O) groups excluding carboxylic acids is 1. The molecule has 0 spiro atoms. The molecule has 0 saturated heterocycles. The Bertz CT molecular complexity index is 851. The molecule has 2 rings (SSSR count). The van der Waals surface area contributed by atoms with Crippen LogP contribution in [0.5, 0.6) is 17.4 Å². The lowest BCUT2D eigenvalue weighted by Crippen LogP contribution is -2.25. The highest BCUT2D eigenvalue weighted by Gasteiger charge is 2.20. The first-order chi connectivity index (χ1) is 12.3. The van der Waals surface area contributed by atoms with Gasteiger partial charge >= 0.3 is 5.97 Å². The van der Waals surface area contributed by atoms with Crippen LogP contribution in [0, 0.1) is 6.92 Å². The van der Waals surface area contributed by atoms with Gasteiger partial charge in [-0.25, -0.2) is 9.48 Å². The van der Waals surface area contributed by atoms with Crippen LogP contribution in [-0.4, -0.2) is 40.4 Å². The number of methoxy groups -OCH3 is 1. The first-order valence-corrected chi connectivity index (χ1v) is 8.16. The lowest BCUT2D eigenvalue weighted by molar-refractivity contribution is -0.147. The second-order valence-electron chi connectivity index (χ2n) is 5.27. The van der Waals surface area contributed by atoms with Gasteiger partial charge in [-0.1, -0.05) is 28.4 Å². The molecule has 0 unspecified atom stereocenters. The van der Waals surface area contributed by atoms with Gasteiger partial charge in [0.15, 0.2) is 11.9 Å². The normalized spacial score (nSPS) is 12.2. The van der Waals surface area contributed by atoms with Gasteiger partial charge in [-0.2, -0.15) is 5.10 Å². The minimum Gasteiger partial charge on any atom is -0.477 e. The number of ether oxygens (including phenoxy) is 3. The number of halogens is 2. The van der Waals surface area contributed by atoms with Crippen LogP contribution >= 0.6 is 23.2 Å². The second kappa shape index (κ2) is 8.29. The monoisotopic (exact) mass is 401 g/mol. The minimum absolute atomic E-state index is 0.195. The molecule has 1 aromatic carbocycles. The number of nitrogens with zero attached hydrogens (tertiary/aromatic N) is 3. The standard InChI is InChI=1S/C16H17Cl2N3O5/c1-8-10(7-19-23)15(21(3)20-8)26-14-6-13(11(17)5-12(14)18)25-9(2)16(22)24-4/h5-7,9,23H,1-4H3/b19-7+/t9-/m0/s1. The van der Waals surface area contributed by atoms with Crippen LogP contribution in [0.3, 0.4) is 0 Å². The van der Waals surface area contributed by atoms with Crippen molar-refractivity contribution in [1.29, 1.82) is 0 Å². The van der Waals surface area contributed by atoms with Gasteiger partial charge in [-0.05, 0) is 19.9 Å². The molecule has 10 heteroatoms. The van der Waals surface area contributed by atoms with Crippen molar-refractivity contribution < 1.29 is 24.2 Å². The van der Waals surface area contributed by atoms with Gasteiger partial charge in [-0.3, -0.25) is 0 Å². The average Bonchev–Trinajstić information content (AvgIpc) is 2.85. The van der Waals surface area contributed by atoms with Crippen molar-refractivity contribution in [2.24, 2.45) is 12.2 Å². The molecular formula is C16H17Cl2N3O5. The summed E-state index contributed by atoms with van der Waals surface area (Å²) in [4.78, 5) is 11.5. The van der Waals surface area contributed by atoms with Gasteiger partial charge in [-0.15, -0.1) is 0 Å². The zero-order valence-electron chi connectivity index (χ0n) is 14.5. The quantitative estimate of drug-likeness (QED) is 0.344. The van der Waals surface area contributed by atoms with E-state index in [1.165, 1.54) is 37.1 Å². The lowest BCUT2D eigenvalue weighted by Gasteiger charge is -2.16. The zero-order valence-corrected chi connectivity index (χ0v) is 16.0. The van der Waals surface area contributed by atoms with Crippen LogP contribution in [-0.2, 0) is 16.6 Å². The molecule has 1 aromatic heterocycles. The van der Waals surface area contributed by atoms with Gasteiger partial charge in [0.2, 0.25) is 5.88 Å². The highest BCUT2D eigenvalue weighted by Crippen LogP contribution is 2.39. The molecule has 0 bridgehead atoms. The fourth-order valence-corrected chi connectivity index (χ4v) is 2.63. The number of hydrogen-bond donors (Lipinski definition) is 1. The van der Waals surface area contributed by atoms with Crippen molar-refractivity contribution >= 4 is 35.4 Å². The summed E-state index contributed by atoms with van der Waals surface area (Å²) >= 11 is 12.3. The van der Waals surface area contributed by atoms with Gasteiger partial charge in [0.1, 0.15) is 5.75 Å². The van der Waals surface area contributed by atoms with Crippen LogP contribution in [0.25, 0.3) is 0 Å². The predicted molar refractivity (Wildman–Crippen MR) is 96.0 cm³/mol. The summed E-state index contributed by atoms with van der Waals surface area (Å²) in [6.45, 7) is 3.26. The number of aryl methyl sites for hydroxylation is 2. The van der Waals surface area contributed by atoms with E-state index in [4.69, 9.17) is 37.9 Å². The molecular weight excluding hydrogens is 385 g/mol. The van der Waals surface area contributed by atoms with Crippen molar-refractivity contribution in [2.45, 2.75) is 20.0 Å². The van der Waals surface area contributed by atoms with Crippen LogP contribution in [0.4, 0.5) is 0 Å². The summed E-state index contributed by atoms with van der Waals surface area (Å²) in [5, 5.41) is 16.5. The Kier molecular flexibility index (Phi) is 6.33. The molecule has 140 valence electrons. The van der Waals surface area contributed by atoms with Crippen molar-refractivity contribution in [3.05, 3.63) is 33.4 Å². The van der Waals surface area contributed by atoms with Crippen molar-refractivity contribution in [3.63, 3.8) is 0 Å². The predicted octanol–water partition coefficient (Wildman–Crippen LogP) is 3.58. The van der Waals surface area contributed by atoms with Crippen LogP contribution < -0.4 is 9.47 Å². The van der Waals surface area contributed by atoms with E-state index in [0.29, 0.717) is 17.1 Å². The van der Waals surface area contributed by atoms with Crippen molar-refractivity contribution in [1.82, 2.24) is 9.78 Å². The number of carbonyl (C=O) groups is 1. The maximum Gasteiger partial charge on any atom is 0.346 e. The van der Waals surface area contributed by atoms with Crippen molar-refractivity contribution in [3.8, 4) is 17.4 Å². The van der Waals surface area contributed by atoms with Crippen molar-refractivity contribution in [2.75, 3.05) is 7.11 Å². The Morgan fingerprint density at radius 2 is 2.00 bits per heavy atom. The van der Waals surface area contributed by atoms with E-state index in [9.17, 15) is 4.79 Å². The Morgan fingerprint density at radius 1 is 1.35 bits per heavy atom. The highest BCUT2D eigenvalue weighted by molar-refractivity contribution is 6.36. The molecule has 26 heavy (non-hydrogen) atoms. The van der Waals surface area contributed by atoms with Gasteiger partial charge in [0.05, 0.1) is 34.6 Å². The van der Waals surface area contributed by atoms with E-state index < -0.39 is 12.1 Å². The zero-order chi connectivity index (χ0) is 19.4. The SMILES string of the molecule is COC(=O)[C@H](C)Oc1cc(Oc2c(/C=N/O)c(C)nn2C)c(Cl)cc1Cl. The number of benzene rings is 1. The summed E-state index contributed by atoms with van der Waals surface area (Å²) in [7, 11) is 2.92. The number of oxime groups is 1. The topological polar surface area (TPSA) is 95.2 Å². The van der Waals surface area contributed by atoms with E-state index in [0.717, 1.165) is 0 Å². The molecule has 2 aromatic rings. The summed E-state index contributed by atoms with van der Waals surface area (Å²) in [5.74, 6) is 0.164. The fraction of sp³-hybridized carbons (Fsp3) is 0.312. The summed E-state index contributed by atoms with van der Waals surface area (Å²) in [5.41, 5.74) is 1.08. The molecule has 0 fully saturated rings. The fourth-order valence-electron chi connectivity index (χ4n) is 2.17. The molecule has 1 heterocycles. The van der Waals surface area contributed by atoms with Gasteiger partial charge in [0, 0.05) is 13.1 Å². The maximum absolute atomic E-state index is 11.5. The molecule has 0 aliphatic carbocycles. The minimum atomic E-state index is -0.873. The van der Waals surface area contributed by atoms with Crippen LogP contribution in [0.1, 0.15) is 18.2 Å². The molecule has 1 N–H and O–H groups in total. The van der Waals surface area contributed by atoms with E-state index >= 15 is 0 Å². The van der Waals surface area contributed by atoms with Gasteiger partial charge in [0.25, 0.3) is 0 Å². The largest absolute Gasteiger partial charge is 0.477 e. The number of hydrogen-bond acceptors (Lipinski definition) is 7. The molecule has 0 aliphatic heterocycles. The third kappa shape index (κ3) is 4.20. The van der Waals surface area contributed by atoms with Crippen LogP contribution in [0.2, 0.25) is 10.0 Å². The Morgan fingerprint density at radius 3 is 2.62 bits per heavy atom. The highest BCUT2D eigenvalue weighted by atomic mass is 35.5. The van der Waals surface area contributed by atoms with Crippen LogP contribution in [0.15, 0.2) is 17.3 Å². The molecule has 1 atom stereocenters. The summed E-state index contributed by atoms with van der Waals surface area (Å²) < 4.78 is 17.4. The Labute approximate surface area is 159 Å². The van der Waals surface area contributed by atoms with E-state index in [-0.39, 0.29) is 21.5 Å². The second-order valence-corrected chi connectivity index (χ2v) is 6.09. The smallest absolute Gasteiger partial charge is 0.346 e. The number of aromatic nitrogens is 2. The lowest BCUT2D eigenvalue weighted by atomic mass is 10.2. The molecule has 8 nitrogen and oxygen atoms in total. The maximum atomic E-state index is 11.5. The molecule has 0 radical (unpaired) electrons. The summed E-state index contributed by atoms with van der Waals surface area (Å²) in [6, 6.07) is 2.88. The third-order valence-electron chi connectivity index (χ3n) is 3.43. The number of esters is 1. The number of rotatable bonds is 6.